The van der Waals surface area contributed by atoms with Crippen LogP contribution in [-0.4, -0.2) is 42.9 Å². The third kappa shape index (κ3) is 1.61. The molecule has 0 aromatic carbocycles. The first kappa shape index (κ1) is 10.6. The molecule has 0 atom stereocenters. The van der Waals surface area contributed by atoms with E-state index in [9.17, 15) is 0 Å². The van der Waals surface area contributed by atoms with Gasteiger partial charge in [0.2, 0.25) is 5.65 Å². The number of piperidine rings is 1. The first-order valence-corrected chi connectivity index (χ1v) is 6.49. The van der Waals surface area contributed by atoms with Gasteiger partial charge in [0.15, 0.2) is 5.82 Å². The molecule has 0 N–H and O–H groups in total. The fraction of sp³-hybridized carbons (Fsp3) is 0.417. The SMILES string of the molecule is c1cnc2c(n1)c(N1CCCCC1)nn1cnnc21. The molecule has 0 unspecified atom stereocenters. The largest absolute Gasteiger partial charge is 0.353 e. The van der Waals surface area contributed by atoms with E-state index in [1.807, 2.05) is 0 Å². The highest BCUT2D eigenvalue weighted by molar-refractivity contribution is 5.94. The number of rotatable bonds is 1. The Hall–Kier alpha value is -2.31. The number of anilines is 1. The van der Waals surface area contributed by atoms with Gasteiger partial charge in [-0.3, -0.25) is 0 Å². The molecule has 0 radical (unpaired) electrons. The molecule has 1 aliphatic rings. The minimum Gasteiger partial charge on any atom is -0.353 e. The number of nitrogens with zero attached hydrogens (tertiary/aromatic N) is 7. The lowest BCUT2D eigenvalue weighted by Gasteiger charge is -2.27. The minimum absolute atomic E-state index is 0.656. The van der Waals surface area contributed by atoms with Gasteiger partial charge in [0.05, 0.1) is 0 Å². The highest BCUT2D eigenvalue weighted by Gasteiger charge is 2.19. The van der Waals surface area contributed by atoms with Gasteiger partial charge >= 0.3 is 0 Å². The summed E-state index contributed by atoms with van der Waals surface area (Å²) in [4.78, 5) is 11.1. The normalized spacial score (nSPS) is 16.3. The highest BCUT2D eigenvalue weighted by atomic mass is 15.4. The van der Waals surface area contributed by atoms with Gasteiger partial charge in [0, 0.05) is 25.5 Å². The Morgan fingerprint density at radius 1 is 0.947 bits per heavy atom. The molecule has 4 rings (SSSR count). The molecule has 0 aliphatic carbocycles. The van der Waals surface area contributed by atoms with Gasteiger partial charge in [-0.15, -0.1) is 15.3 Å². The Bertz CT molecular complexity index is 729. The van der Waals surface area contributed by atoms with Crippen LogP contribution < -0.4 is 4.90 Å². The summed E-state index contributed by atoms with van der Waals surface area (Å²) < 4.78 is 1.68. The maximum absolute atomic E-state index is 4.60. The van der Waals surface area contributed by atoms with Crippen LogP contribution in [0.5, 0.6) is 0 Å². The van der Waals surface area contributed by atoms with Gasteiger partial charge in [0.1, 0.15) is 17.4 Å². The molecule has 3 aromatic rings. The molecule has 3 aromatic heterocycles. The Labute approximate surface area is 109 Å². The van der Waals surface area contributed by atoms with Crippen molar-refractivity contribution in [2.75, 3.05) is 18.0 Å². The van der Waals surface area contributed by atoms with E-state index in [1.54, 1.807) is 23.2 Å². The average Bonchev–Trinajstić information content (AvgIpc) is 2.96. The Morgan fingerprint density at radius 2 is 1.74 bits per heavy atom. The van der Waals surface area contributed by atoms with E-state index < -0.39 is 0 Å². The number of hydrogen-bond donors (Lipinski definition) is 0. The molecule has 19 heavy (non-hydrogen) atoms. The van der Waals surface area contributed by atoms with E-state index in [1.165, 1.54) is 19.3 Å². The van der Waals surface area contributed by atoms with Gasteiger partial charge in [-0.25, -0.2) is 9.97 Å². The number of aromatic nitrogens is 6. The molecule has 96 valence electrons. The second kappa shape index (κ2) is 4.11. The van der Waals surface area contributed by atoms with Crippen molar-refractivity contribution in [3.05, 3.63) is 18.7 Å². The topological polar surface area (TPSA) is 72.1 Å². The zero-order valence-corrected chi connectivity index (χ0v) is 10.4. The zero-order chi connectivity index (χ0) is 12.7. The Balaban J connectivity index is 2.00. The highest BCUT2D eigenvalue weighted by Crippen LogP contribution is 2.25. The van der Waals surface area contributed by atoms with Crippen LogP contribution in [0.3, 0.4) is 0 Å². The average molecular weight is 255 g/mol. The predicted molar refractivity (Wildman–Crippen MR) is 69.9 cm³/mol. The molecule has 0 spiro atoms. The van der Waals surface area contributed by atoms with Gasteiger partial charge in [0.25, 0.3) is 0 Å². The van der Waals surface area contributed by atoms with E-state index in [-0.39, 0.29) is 0 Å². The van der Waals surface area contributed by atoms with Crippen LogP contribution in [0.1, 0.15) is 19.3 Å². The Kier molecular flexibility index (Phi) is 2.29. The lowest BCUT2D eigenvalue weighted by Crippen LogP contribution is -2.31. The summed E-state index contributed by atoms with van der Waals surface area (Å²) in [6.07, 6.45) is 8.67. The summed E-state index contributed by atoms with van der Waals surface area (Å²) in [5.41, 5.74) is 2.23. The van der Waals surface area contributed by atoms with E-state index >= 15 is 0 Å². The van der Waals surface area contributed by atoms with Gasteiger partial charge < -0.3 is 4.90 Å². The first-order valence-electron chi connectivity index (χ1n) is 6.49. The molecule has 0 saturated carbocycles. The Morgan fingerprint density at radius 3 is 2.58 bits per heavy atom. The molecular formula is C12H13N7. The number of hydrogen-bond acceptors (Lipinski definition) is 6. The summed E-state index contributed by atoms with van der Waals surface area (Å²) in [7, 11) is 0. The van der Waals surface area contributed by atoms with Crippen molar-refractivity contribution in [2.45, 2.75) is 19.3 Å². The van der Waals surface area contributed by atoms with Crippen LogP contribution in [0, 0.1) is 0 Å². The van der Waals surface area contributed by atoms with Crippen molar-refractivity contribution in [2.24, 2.45) is 0 Å². The maximum Gasteiger partial charge on any atom is 0.205 e. The van der Waals surface area contributed by atoms with Gasteiger partial charge in [-0.2, -0.15) is 4.52 Å². The molecule has 1 fully saturated rings. The van der Waals surface area contributed by atoms with Crippen LogP contribution in [-0.2, 0) is 0 Å². The quantitative estimate of drug-likeness (QED) is 0.647. The molecule has 4 heterocycles. The zero-order valence-electron chi connectivity index (χ0n) is 10.4. The third-order valence-corrected chi connectivity index (χ3v) is 3.51. The van der Waals surface area contributed by atoms with Crippen LogP contribution in [0.4, 0.5) is 5.82 Å². The van der Waals surface area contributed by atoms with Crippen molar-refractivity contribution in [3.8, 4) is 0 Å². The summed E-state index contributed by atoms with van der Waals surface area (Å²) in [6.45, 7) is 2.04. The molecule has 7 heteroatoms. The number of fused-ring (bicyclic) bond motifs is 3. The second-order valence-corrected chi connectivity index (χ2v) is 4.72. The maximum atomic E-state index is 4.60. The summed E-state index contributed by atoms with van der Waals surface area (Å²) in [5.74, 6) is 0.884. The summed E-state index contributed by atoms with van der Waals surface area (Å²) >= 11 is 0. The van der Waals surface area contributed by atoms with Gasteiger partial charge in [-0.05, 0) is 19.3 Å². The lowest BCUT2D eigenvalue weighted by molar-refractivity contribution is 0.571. The fourth-order valence-corrected chi connectivity index (χ4v) is 2.59. The lowest BCUT2D eigenvalue weighted by atomic mass is 10.1. The van der Waals surface area contributed by atoms with E-state index in [4.69, 9.17) is 0 Å². The first-order chi connectivity index (χ1) is 9.43. The van der Waals surface area contributed by atoms with Crippen molar-refractivity contribution in [3.63, 3.8) is 0 Å². The van der Waals surface area contributed by atoms with Crippen molar-refractivity contribution < 1.29 is 0 Å². The monoisotopic (exact) mass is 255 g/mol. The summed E-state index contributed by atoms with van der Waals surface area (Å²) in [5, 5.41) is 12.6. The molecule has 1 saturated heterocycles. The van der Waals surface area contributed by atoms with Crippen molar-refractivity contribution >= 4 is 22.5 Å². The van der Waals surface area contributed by atoms with Gasteiger partial charge in [-0.1, -0.05) is 0 Å². The molecular weight excluding hydrogens is 242 g/mol. The summed E-state index contributed by atoms with van der Waals surface area (Å²) in [6, 6.07) is 0. The second-order valence-electron chi connectivity index (χ2n) is 4.72. The van der Waals surface area contributed by atoms with E-state index in [0.717, 1.165) is 29.9 Å². The van der Waals surface area contributed by atoms with E-state index in [0.29, 0.717) is 5.65 Å². The predicted octanol–water partition coefficient (Wildman–Crippen LogP) is 1.06. The van der Waals surface area contributed by atoms with Crippen LogP contribution in [0.25, 0.3) is 16.7 Å². The standard InChI is InChI=1S/C12H13N7/c1-2-6-18(7-3-1)12-10-9(13-4-5-14-10)11-16-15-8-19(11)17-12/h4-5,8H,1-3,6-7H2. The van der Waals surface area contributed by atoms with Crippen LogP contribution >= 0.6 is 0 Å². The molecule has 0 bridgehead atoms. The van der Waals surface area contributed by atoms with Crippen molar-refractivity contribution in [1.29, 1.82) is 0 Å². The fourth-order valence-electron chi connectivity index (χ4n) is 2.59. The van der Waals surface area contributed by atoms with Crippen molar-refractivity contribution in [1.82, 2.24) is 29.8 Å². The molecule has 0 amide bonds. The van der Waals surface area contributed by atoms with Crippen LogP contribution in [0.15, 0.2) is 18.7 Å². The van der Waals surface area contributed by atoms with E-state index in [2.05, 4.69) is 30.2 Å². The van der Waals surface area contributed by atoms with Crippen LogP contribution in [0.2, 0.25) is 0 Å². The third-order valence-electron chi connectivity index (χ3n) is 3.51. The minimum atomic E-state index is 0.656. The molecule has 7 nitrogen and oxygen atoms in total. The smallest absolute Gasteiger partial charge is 0.205 e. The molecule has 1 aliphatic heterocycles.